The van der Waals surface area contributed by atoms with E-state index in [0.717, 1.165) is 18.8 Å². The maximum absolute atomic E-state index is 5.65. The highest BCUT2D eigenvalue weighted by molar-refractivity contribution is 5.39. The van der Waals surface area contributed by atoms with Crippen LogP contribution in [-0.4, -0.2) is 42.2 Å². The molecule has 0 aliphatic carbocycles. The Bertz CT molecular complexity index is 946. The molecule has 6 rings (SSSR count). The molecule has 4 nitrogen and oxygen atoms in total. The number of nitrogens with one attached hydrogen (secondary N) is 1. The number of ether oxygens (including phenoxy) is 1. The van der Waals surface area contributed by atoms with Gasteiger partial charge in [-0.1, -0.05) is 54.6 Å². The normalized spacial score (nSPS) is 25.8. The first-order valence-corrected chi connectivity index (χ1v) is 11.3. The SMILES string of the molecule is COc1ccccc1CNC1(C(c2ccccc2)c2cccnc2)CN2CCC1CC2. The van der Waals surface area contributed by atoms with Gasteiger partial charge in [-0.15, -0.1) is 0 Å². The Hall–Kier alpha value is -2.69. The van der Waals surface area contributed by atoms with Crippen LogP contribution in [0.2, 0.25) is 0 Å². The van der Waals surface area contributed by atoms with Gasteiger partial charge in [0, 0.05) is 42.5 Å². The molecule has 4 heterocycles. The maximum Gasteiger partial charge on any atom is 0.123 e. The largest absolute Gasteiger partial charge is 0.496 e. The van der Waals surface area contributed by atoms with Crippen molar-refractivity contribution in [1.29, 1.82) is 0 Å². The molecule has 0 spiro atoms. The fourth-order valence-corrected chi connectivity index (χ4v) is 5.82. The summed E-state index contributed by atoms with van der Waals surface area (Å²) < 4.78 is 5.65. The van der Waals surface area contributed by atoms with Gasteiger partial charge >= 0.3 is 0 Å². The third-order valence-corrected chi connectivity index (χ3v) is 7.27. The molecule has 2 aromatic carbocycles. The summed E-state index contributed by atoms with van der Waals surface area (Å²) in [5, 5.41) is 4.11. The molecule has 3 aromatic rings. The summed E-state index contributed by atoms with van der Waals surface area (Å²) in [4.78, 5) is 7.14. The molecule has 4 heteroatoms. The fraction of sp³-hybridized carbons (Fsp3) is 0.370. The van der Waals surface area contributed by atoms with Crippen LogP contribution < -0.4 is 10.1 Å². The summed E-state index contributed by atoms with van der Waals surface area (Å²) in [5.74, 6) is 1.81. The minimum atomic E-state index is -0.0538. The van der Waals surface area contributed by atoms with E-state index in [1.165, 1.54) is 42.6 Å². The predicted molar refractivity (Wildman–Crippen MR) is 124 cm³/mol. The van der Waals surface area contributed by atoms with E-state index in [9.17, 15) is 0 Å². The zero-order chi connectivity index (χ0) is 21.1. The van der Waals surface area contributed by atoms with Crippen LogP contribution in [-0.2, 0) is 6.54 Å². The number of piperidine rings is 3. The van der Waals surface area contributed by atoms with Crippen LogP contribution in [0, 0.1) is 5.92 Å². The highest BCUT2D eigenvalue weighted by Crippen LogP contribution is 2.47. The van der Waals surface area contributed by atoms with Gasteiger partial charge in [0.05, 0.1) is 7.11 Å². The van der Waals surface area contributed by atoms with E-state index in [4.69, 9.17) is 4.74 Å². The van der Waals surface area contributed by atoms with Crippen LogP contribution in [0.5, 0.6) is 5.75 Å². The third kappa shape index (κ3) is 3.86. The number of hydrogen-bond donors (Lipinski definition) is 1. The minimum absolute atomic E-state index is 0.0538. The van der Waals surface area contributed by atoms with Crippen molar-refractivity contribution in [1.82, 2.24) is 15.2 Å². The van der Waals surface area contributed by atoms with Crippen molar-refractivity contribution >= 4 is 0 Å². The number of pyridine rings is 1. The first-order chi connectivity index (χ1) is 15.3. The smallest absolute Gasteiger partial charge is 0.123 e. The van der Waals surface area contributed by atoms with Crippen molar-refractivity contribution in [3.8, 4) is 5.75 Å². The molecule has 3 aliphatic rings. The second kappa shape index (κ2) is 8.81. The molecular formula is C27H31N3O. The number of rotatable bonds is 7. The number of methoxy groups -OCH3 is 1. The molecule has 0 saturated carbocycles. The molecule has 3 aliphatic heterocycles. The van der Waals surface area contributed by atoms with E-state index in [1.807, 2.05) is 12.3 Å². The second-order valence-corrected chi connectivity index (χ2v) is 8.89. The molecule has 31 heavy (non-hydrogen) atoms. The number of aromatic nitrogens is 1. The molecule has 2 unspecified atom stereocenters. The average Bonchev–Trinajstić information content (AvgIpc) is 2.85. The topological polar surface area (TPSA) is 37.4 Å². The number of nitrogens with zero attached hydrogens (tertiary/aromatic N) is 2. The van der Waals surface area contributed by atoms with Gasteiger partial charge in [-0.2, -0.15) is 0 Å². The van der Waals surface area contributed by atoms with Crippen LogP contribution in [0.1, 0.15) is 35.4 Å². The van der Waals surface area contributed by atoms with Crippen molar-refractivity contribution in [2.45, 2.75) is 30.8 Å². The fourth-order valence-electron chi connectivity index (χ4n) is 5.82. The van der Waals surface area contributed by atoms with Crippen LogP contribution in [0.15, 0.2) is 79.1 Å². The lowest BCUT2D eigenvalue weighted by Crippen LogP contribution is -2.68. The molecule has 2 atom stereocenters. The molecular weight excluding hydrogens is 382 g/mol. The summed E-state index contributed by atoms with van der Waals surface area (Å²) in [6, 6.07) is 23.7. The number of fused-ring (bicyclic) bond motifs is 3. The van der Waals surface area contributed by atoms with E-state index >= 15 is 0 Å². The molecule has 3 saturated heterocycles. The zero-order valence-corrected chi connectivity index (χ0v) is 18.2. The average molecular weight is 414 g/mol. The Labute approximate surface area is 185 Å². The number of para-hydroxylation sites is 1. The van der Waals surface area contributed by atoms with Gasteiger partial charge in [0.1, 0.15) is 5.75 Å². The van der Waals surface area contributed by atoms with Crippen molar-refractivity contribution in [3.63, 3.8) is 0 Å². The first kappa shape index (κ1) is 20.2. The quantitative estimate of drug-likeness (QED) is 0.620. The van der Waals surface area contributed by atoms with Crippen molar-refractivity contribution in [2.24, 2.45) is 5.92 Å². The highest BCUT2D eigenvalue weighted by Gasteiger charge is 2.52. The van der Waals surface area contributed by atoms with Crippen LogP contribution in [0.25, 0.3) is 0 Å². The van der Waals surface area contributed by atoms with Crippen LogP contribution >= 0.6 is 0 Å². The molecule has 0 radical (unpaired) electrons. The lowest BCUT2D eigenvalue weighted by atomic mass is 9.62. The van der Waals surface area contributed by atoms with E-state index in [1.54, 1.807) is 7.11 Å². The first-order valence-electron chi connectivity index (χ1n) is 11.3. The minimum Gasteiger partial charge on any atom is -0.496 e. The summed E-state index contributed by atoms with van der Waals surface area (Å²) in [5.41, 5.74) is 3.80. The van der Waals surface area contributed by atoms with E-state index in [0.29, 0.717) is 5.92 Å². The molecule has 160 valence electrons. The second-order valence-electron chi connectivity index (χ2n) is 8.89. The van der Waals surface area contributed by atoms with Crippen molar-refractivity contribution < 1.29 is 4.74 Å². The monoisotopic (exact) mass is 413 g/mol. The highest BCUT2D eigenvalue weighted by atomic mass is 16.5. The van der Waals surface area contributed by atoms with Gasteiger partial charge in [-0.3, -0.25) is 4.98 Å². The molecule has 1 N–H and O–H groups in total. The van der Waals surface area contributed by atoms with E-state index < -0.39 is 0 Å². The van der Waals surface area contributed by atoms with Gasteiger partial charge in [0.25, 0.3) is 0 Å². The molecule has 2 bridgehead atoms. The summed E-state index contributed by atoms with van der Waals surface area (Å²) >= 11 is 0. The van der Waals surface area contributed by atoms with Crippen molar-refractivity contribution in [2.75, 3.05) is 26.7 Å². The van der Waals surface area contributed by atoms with Gasteiger partial charge < -0.3 is 15.0 Å². The Morgan fingerprint density at radius 2 is 1.74 bits per heavy atom. The molecule has 1 aromatic heterocycles. The van der Waals surface area contributed by atoms with Crippen LogP contribution in [0.4, 0.5) is 0 Å². The molecule has 0 amide bonds. The number of hydrogen-bond acceptors (Lipinski definition) is 4. The lowest BCUT2D eigenvalue weighted by molar-refractivity contribution is -0.00482. The van der Waals surface area contributed by atoms with Gasteiger partial charge in [0.15, 0.2) is 0 Å². The van der Waals surface area contributed by atoms with E-state index in [2.05, 4.69) is 82.1 Å². The Morgan fingerprint density at radius 1 is 1.00 bits per heavy atom. The summed E-state index contributed by atoms with van der Waals surface area (Å²) in [6.45, 7) is 4.26. The molecule has 3 fully saturated rings. The summed E-state index contributed by atoms with van der Waals surface area (Å²) in [6.07, 6.45) is 6.41. The standard InChI is InChI=1S/C27H31N3O/c1-31-25-12-6-5-10-22(25)19-29-27(20-30-16-13-24(27)14-17-30)26(21-8-3-2-4-9-21)23-11-7-15-28-18-23/h2-12,15,18,24,26,29H,13-14,16-17,19-20H2,1H3. The lowest BCUT2D eigenvalue weighted by Gasteiger charge is -2.57. The maximum atomic E-state index is 5.65. The third-order valence-electron chi connectivity index (χ3n) is 7.27. The number of benzene rings is 2. The van der Waals surface area contributed by atoms with Gasteiger partial charge in [0.2, 0.25) is 0 Å². The predicted octanol–water partition coefficient (Wildman–Crippen LogP) is 4.48. The zero-order valence-electron chi connectivity index (χ0n) is 18.2. The Balaban J connectivity index is 1.59. The Morgan fingerprint density at radius 3 is 2.42 bits per heavy atom. The van der Waals surface area contributed by atoms with Crippen LogP contribution in [0.3, 0.4) is 0 Å². The van der Waals surface area contributed by atoms with E-state index in [-0.39, 0.29) is 11.5 Å². The van der Waals surface area contributed by atoms with Gasteiger partial charge in [-0.05, 0) is 55.1 Å². The van der Waals surface area contributed by atoms with Crippen molar-refractivity contribution in [3.05, 3.63) is 95.8 Å². The summed E-state index contributed by atoms with van der Waals surface area (Å²) in [7, 11) is 1.76. The van der Waals surface area contributed by atoms with Gasteiger partial charge in [-0.25, -0.2) is 0 Å². The Kier molecular flexibility index (Phi) is 5.75.